The first-order valence-electron chi connectivity index (χ1n) is 6.61. The maximum absolute atomic E-state index is 12.2. The van der Waals surface area contributed by atoms with E-state index < -0.39 is 13.6 Å². The van der Waals surface area contributed by atoms with Crippen LogP contribution in [0, 0.1) is 5.41 Å². The predicted octanol–water partition coefficient (Wildman–Crippen LogP) is 3.62. The highest BCUT2D eigenvalue weighted by Gasteiger charge is 2.28. The van der Waals surface area contributed by atoms with Crippen molar-refractivity contribution in [2.75, 3.05) is 0 Å². The molecule has 0 saturated carbocycles. The van der Waals surface area contributed by atoms with E-state index in [-0.39, 0.29) is 5.97 Å². The summed E-state index contributed by atoms with van der Waals surface area (Å²) >= 11 is 0. The zero-order chi connectivity index (χ0) is 14.6. The number of carbonyl (C=O) groups excluding carboxylic acids is 1. The van der Waals surface area contributed by atoms with E-state index in [1.165, 1.54) is 0 Å². The molecule has 2 aromatic carbocycles. The quantitative estimate of drug-likeness (QED) is 0.805. The Morgan fingerprint density at radius 1 is 0.850 bits per heavy atom. The summed E-state index contributed by atoms with van der Waals surface area (Å²) in [7, 11) is -1.10. The van der Waals surface area contributed by atoms with Gasteiger partial charge in [-0.05, 0) is 20.8 Å². The fraction of sp³-hybridized carbons (Fsp3) is 0.235. The number of hydrogen-bond donors (Lipinski definition) is 0. The van der Waals surface area contributed by atoms with Crippen LogP contribution in [0.3, 0.4) is 0 Å². The van der Waals surface area contributed by atoms with Crippen LogP contribution >= 0.6 is 8.15 Å². The average Bonchev–Trinajstić information content (AvgIpc) is 2.45. The number of hydrogen-bond acceptors (Lipinski definition) is 2. The molecule has 20 heavy (non-hydrogen) atoms. The van der Waals surface area contributed by atoms with E-state index in [0.717, 1.165) is 10.6 Å². The second-order valence-electron chi connectivity index (χ2n) is 5.59. The molecule has 0 amide bonds. The van der Waals surface area contributed by atoms with E-state index in [1.807, 2.05) is 81.4 Å². The van der Waals surface area contributed by atoms with Crippen molar-refractivity contribution in [1.29, 1.82) is 0 Å². The van der Waals surface area contributed by atoms with Crippen molar-refractivity contribution >= 4 is 24.7 Å². The van der Waals surface area contributed by atoms with Crippen LogP contribution in [0.15, 0.2) is 60.7 Å². The summed E-state index contributed by atoms with van der Waals surface area (Å²) in [5.74, 6) is -0.170. The second kappa shape index (κ2) is 6.19. The lowest BCUT2D eigenvalue weighted by atomic mass is 9.98. The lowest BCUT2D eigenvalue weighted by Crippen LogP contribution is -2.25. The molecule has 104 valence electrons. The van der Waals surface area contributed by atoms with Gasteiger partial charge in [0, 0.05) is 10.6 Å². The highest BCUT2D eigenvalue weighted by Crippen LogP contribution is 2.37. The third-order valence-electron chi connectivity index (χ3n) is 2.77. The van der Waals surface area contributed by atoms with Gasteiger partial charge in [0.25, 0.3) is 0 Å². The van der Waals surface area contributed by atoms with Gasteiger partial charge in [-0.2, -0.15) is 0 Å². The zero-order valence-electron chi connectivity index (χ0n) is 12.0. The molecule has 0 spiro atoms. The van der Waals surface area contributed by atoms with Crippen molar-refractivity contribution in [2.45, 2.75) is 20.8 Å². The number of carbonyl (C=O) groups is 1. The zero-order valence-corrected chi connectivity index (χ0v) is 12.9. The van der Waals surface area contributed by atoms with Crippen LogP contribution < -0.4 is 10.6 Å². The summed E-state index contributed by atoms with van der Waals surface area (Å²) in [4.78, 5) is 12.2. The Morgan fingerprint density at radius 2 is 1.25 bits per heavy atom. The normalized spacial score (nSPS) is 11.4. The highest BCUT2D eigenvalue weighted by molar-refractivity contribution is 7.69. The smallest absolute Gasteiger partial charge is 0.314 e. The largest absolute Gasteiger partial charge is 0.435 e. The lowest BCUT2D eigenvalue weighted by molar-refractivity contribution is -0.142. The first-order chi connectivity index (χ1) is 9.48. The minimum atomic E-state index is -1.10. The van der Waals surface area contributed by atoms with Crippen LogP contribution in [0.25, 0.3) is 0 Å². The fourth-order valence-electron chi connectivity index (χ4n) is 1.60. The Labute approximate surface area is 121 Å². The monoisotopic (exact) mass is 286 g/mol. The molecule has 0 unspecified atom stereocenters. The molecule has 0 fully saturated rings. The predicted molar refractivity (Wildman–Crippen MR) is 84.6 cm³/mol. The summed E-state index contributed by atoms with van der Waals surface area (Å²) < 4.78 is 5.81. The van der Waals surface area contributed by atoms with Gasteiger partial charge in [-0.25, -0.2) is 0 Å². The molecule has 0 radical (unpaired) electrons. The summed E-state index contributed by atoms with van der Waals surface area (Å²) in [5.41, 5.74) is -0.496. The summed E-state index contributed by atoms with van der Waals surface area (Å²) in [6, 6.07) is 19.8. The Kier molecular flexibility index (Phi) is 4.57. The molecule has 0 saturated heterocycles. The number of rotatable bonds is 3. The van der Waals surface area contributed by atoms with Gasteiger partial charge < -0.3 is 4.52 Å². The molecular weight excluding hydrogens is 267 g/mol. The van der Waals surface area contributed by atoms with Gasteiger partial charge in [-0.3, -0.25) is 4.79 Å². The number of benzene rings is 2. The van der Waals surface area contributed by atoms with Gasteiger partial charge >= 0.3 is 5.97 Å². The molecule has 0 N–H and O–H groups in total. The Bertz CT molecular complexity index is 519. The van der Waals surface area contributed by atoms with Crippen molar-refractivity contribution < 1.29 is 9.32 Å². The van der Waals surface area contributed by atoms with Gasteiger partial charge in [0.2, 0.25) is 0 Å². The molecule has 0 aliphatic heterocycles. The van der Waals surface area contributed by atoms with Crippen LogP contribution in [0.4, 0.5) is 0 Å². The van der Waals surface area contributed by atoms with Gasteiger partial charge in [0.1, 0.15) is 0 Å². The fourth-order valence-corrected chi connectivity index (χ4v) is 3.44. The Hall–Kier alpha value is -1.66. The SMILES string of the molecule is CC(C)(C)C(=O)OP(c1ccccc1)c1ccccc1. The molecule has 2 aromatic rings. The third kappa shape index (κ3) is 3.68. The van der Waals surface area contributed by atoms with Crippen molar-refractivity contribution in [2.24, 2.45) is 5.41 Å². The molecule has 0 atom stereocenters. The second-order valence-corrected chi connectivity index (χ2v) is 7.40. The van der Waals surface area contributed by atoms with Crippen LogP contribution in [-0.4, -0.2) is 5.97 Å². The molecule has 0 aliphatic carbocycles. The Balaban J connectivity index is 2.34. The molecule has 2 nitrogen and oxygen atoms in total. The molecule has 3 heteroatoms. The van der Waals surface area contributed by atoms with E-state index in [0.29, 0.717) is 0 Å². The molecular formula is C17H19O2P. The molecule has 0 aromatic heterocycles. The summed E-state index contributed by atoms with van der Waals surface area (Å²) in [6.07, 6.45) is 0. The van der Waals surface area contributed by atoms with E-state index >= 15 is 0 Å². The standard InChI is InChI=1S/C17H19O2P/c1-17(2,3)16(18)19-20(14-10-6-4-7-11-14)15-12-8-5-9-13-15/h4-13H,1-3H3. The maximum atomic E-state index is 12.2. The van der Waals surface area contributed by atoms with E-state index in [1.54, 1.807) is 0 Å². The first kappa shape index (κ1) is 14.7. The van der Waals surface area contributed by atoms with Crippen LogP contribution in [0.1, 0.15) is 20.8 Å². The van der Waals surface area contributed by atoms with Gasteiger partial charge in [0.05, 0.1) is 5.41 Å². The van der Waals surface area contributed by atoms with Crippen molar-refractivity contribution in [3.05, 3.63) is 60.7 Å². The molecule has 0 bridgehead atoms. The minimum absolute atomic E-state index is 0.170. The lowest BCUT2D eigenvalue weighted by Gasteiger charge is -2.23. The van der Waals surface area contributed by atoms with E-state index in [2.05, 4.69) is 0 Å². The van der Waals surface area contributed by atoms with E-state index in [9.17, 15) is 4.79 Å². The van der Waals surface area contributed by atoms with Gasteiger partial charge in [-0.1, -0.05) is 60.7 Å². The van der Waals surface area contributed by atoms with Crippen molar-refractivity contribution in [3.8, 4) is 0 Å². The average molecular weight is 286 g/mol. The van der Waals surface area contributed by atoms with Crippen molar-refractivity contribution in [3.63, 3.8) is 0 Å². The summed E-state index contributed by atoms with van der Waals surface area (Å²) in [6.45, 7) is 5.62. The first-order valence-corrected chi connectivity index (χ1v) is 7.87. The molecule has 0 aliphatic rings. The highest BCUT2D eigenvalue weighted by atomic mass is 31.1. The maximum Gasteiger partial charge on any atom is 0.314 e. The minimum Gasteiger partial charge on any atom is -0.435 e. The van der Waals surface area contributed by atoms with Crippen LogP contribution in [-0.2, 0) is 9.32 Å². The topological polar surface area (TPSA) is 26.3 Å². The van der Waals surface area contributed by atoms with Gasteiger partial charge in [-0.15, -0.1) is 0 Å². The van der Waals surface area contributed by atoms with Crippen LogP contribution in [0.2, 0.25) is 0 Å². The van der Waals surface area contributed by atoms with Crippen molar-refractivity contribution in [1.82, 2.24) is 0 Å². The summed E-state index contributed by atoms with van der Waals surface area (Å²) in [5, 5.41) is 2.10. The molecule has 2 rings (SSSR count). The Morgan fingerprint density at radius 3 is 1.60 bits per heavy atom. The third-order valence-corrected chi connectivity index (χ3v) is 4.65. The van der Waals surface area contributed by atoms with Crippen LogP contribution in [0.5, 0.6) is 0 Å². The van der Waals surface area contributed by atoms with E-state index in [4.69, 9.17) is 4.52 Å². The van der Waals surface area contributed by atoms with Gasteiger partial charge in [0.15, 0.2) is 8.15 Å². The molecule has 0 heterocycles.